The molecule has 1 N–H and O–H groups in total. The highest BCUT2D eigenvalue weighted by atomic mass is 35.5. The lowest BCUT2D eigenvalue weighted by atomic mass is 10.1. The zero-order valence-corrected chi connectivity index (χ0v) is 16.7. The van der Waals surface area contributed by atoms with Crippen LogP contribution in [0.3, 0.4) is 0 Å². The van der Waals surface area contributed by atoms with Gasteiger partial charge in [-0.2, -0.15) is 0 Å². The van der Waals surface area contributed by atoms with Gasteiger partial charge < -0.3 is 24.3 Å². The van der Waals surface area contributed by atoms with Crippen molar-refractivity contribution in [3.8, 4) is 17.2 Å². The van der Waals surface area contributed by atoms with Crippen molar-refractivity contribution in [1.29, 1.82) is 0 Å². The number of carbonyl (C=O) groups excluding carboxylic acids is 2. The Labute approximate surface area is 173 Å². The van der Waals surface area contributed by atoms with Crippen LogP contribution in [0.15, 0.2) is 36.4 Å². The maximum Gasteiger partial charge on any atom is 0.331 e. The van der Waals surface area contributed by atoms with Crippen LogP contribution in [0.2, 0.25) is 5.02 Å². The molecule has 3 rings (SSSR count). The lowest BCUT2D eigenvalue weighted by molar-refractivity contribution is -0.142. The van der Waals surface area contributed by atoms with Crippen LogP contribution in [0, 0.1) is 6.92 Å². The Bertz CT molecular complexity index is 939. The van der Waals surface area contributed by atoms with Crippen molar-refractivity contribution in [2.75, 3.05) is 32.2 Å². The van der Waals surface area contributed by atoms with Crippen molar-refractivity contribution in [2.45, 2.75) is 6.92 Å². The average Bonchev–Trinajstić information content (AvgIpc) is 2.72. The lowest BCUT2D eigenvalue weighted by Gasteiger charge is -2.20. The first kappa shape index (κ1) is 20.5. The number of nitrogens with one attached hydrogen (secondary N) is 1. The van der Waals surface area contributed by atoms with Gasteiger partial charge in [0.2, 0.25) is 5.75 Å². The van der Waals surface area contributed by atoms with E-state index in [1.54, 1.807) is 36.4 Å². The Balaban J connectivity index is 1.56. The van der Waals surface area contributed by atoms with E-state index in [9.17, 15) is 9.59 Å². The predicted molar refractivity (Wildman–Crippen MR) is 109 cm³/mol. The summed E-state index contributed by atoms with van der Waals surface area (Å²) in [6.45, 7) is 2.30. The molecule has 0 saturated heterocycles. The molecule has 8 heteroatoms. The van der Waals surface area contributed by atoms with Gasteiger partial charge in [0.05, 0.1) is 7.11 Å². The second-order valence-electron chi connectivity index (χ2n) is 6.20. The van der Waals surface area contributed by atoms with Gasteiger partial charge in [0.25, 0.3) is 5.91 Å². The van der Waals surface area contributed by atoms with Crippen LogP contribution in [-0.4, -0.2) is 38.8 Å². The number of fused-ring (bicyclic) bond motifs is 1. The molecular formula is C21H20ClNO6. The monoisotopic (exact) mass is 417 g/mol. The molecule has 0 bridgehead atoms. The first-order valence-corrected chi connectivity index (χ1v) is 9.22. The molecule has 7 nitrogen and oxygen atoms in total. The van der Waals surface area contributed by atoms with E-state index in [1.807, 2.05) is 6.92 Å². The lowest BCUT2D eigenvalue weighted by Crippen LogP contribution is -2.20. The number of benzene rings is 2. The van der Waals surface area contributed by atoms with Crippen molar-refractivity contribution >= 4 is 35.2 Å². The molecule has 1 heterocycles. The fraction of sp³-hybridized carbons (Fsp3) is 0.238. The molecule has 2 aromatic rings. The van der Waals surface area contributed by atoms with Gasteiger partial charge in [0.1, 0.15) is 13.2 Å². The molecule has 0 aliphatic carbocycles. The summed E-state index contributed by atoms with van der Waals surface area (Å²) in [5.74, 6) is 0.488. The van der Waals surface area contributed by atoms with E-state index in [0.717, 1.165) is 5.56 Å². The summed E-state index contributed by atoms with van der Waals surface area (Å²) in [5, 5.41) is 3.25. The second kappa shape index (κ2) is 9.34. The van der Waals surface area contributed by atoms with Crippen molar-refractivity contribution in [3.05, 3.63) is 52.6 Å². The zero-order chi connectivity index (χ0) is 20.8. The highest BCUT2D eigenvalue weighted by molar-refractivity contribution is 6.30. The minimum Gasteiger partial charge on any atom is -0.493 e. The largest absolute Gasteiger partial charge is 0.493 e. The minimum absolute atomic E-state index is 0.407. The average molecular weight is 418 g/mol. The third-order valence-electron chi connectivity index (χ3n) is 4.07. The molecule has 1 aliphatic rings. The van der Waals surface area contributed by atoms with Crippen molar-refractivity contribution < 1.29 is 28.5 Å². The van der Waals surface area contributed by atoms with Gasteiger partial charge in [-0.25, -0.2) is 4.79 Å². The second-order valence-corrected chi connectivity index (χ2v) is 6.63. The molecule has 1 aliphatic heterocycles. The minimum atomic E-state index is -0.651. The summed E-state index contributed by atoms with van der Waals surface area (Å²) in [6.07, 6.45) is 2.77. The molecule has 29 heavy (non-hydrogen) atoms. The number of rotatable bonds is 6. The fourth-order valence-electron chi connectivity index (χ4n) is 2.69. The Kier molecular flexibility index (Phi) is 6.61. The smallest absolute Gasteiger partial charge is 0.331 e. The summed E-state index contributed by atoms with van der Waals surface area (Å²) >= 11 is 5.89. The van der Waals surface area contributed by atoms with Crippen LogP contribution in [0.5, 0.6) is 17.2 Å². The first-order valence-electron chi connectivity index (χ1n) is 8.84. The number of ether oxygens (including phenoxy) is 4. The van der Waals surface area contributed by atoms with Gasteiger partial charge in [0.15, 0.2) is 18.1 Å². The molecule has 0 spiro atoms. The normalized spacial score (nSPS) is 12.5. The number of halogens is 1. The third kappa shape index (κ3) is 5.42. The van der Waals surface area contributed by atoms with E-state index >= 15 is 0 Å². The van der Waals surface area contributed by atoms with E-state index < -0.39 is 18.5 Å². The summed E-state index contributed by atoms with van der Waals surface area (Å²) in [6, 6.07) is 8.53. The summed E-state index contributed by atoms with van der Waals surface area (Å²) in [5.41, 5.74) is 2.09. The fourth-order valence-corrected chi connectivity index (χ4v) is 2.92. The van der Waals surface area contributed by atoms with Crippen LogP contribution >= 0.6 is 11.6 Å². The van der Waals surface area contributed by atoms with Crippen LogP contribution in [-0.2, 0) is 14.3 Å². The molecule has 2 aromatic carbocycles. The Hall–Kier alpha value is -3.19. The van der Waals surface area contributed by atoms with Gasteiger partial charge >= 0.3 is 5.97 Å². The highest BCUT2D eigenvalue weighted by Gasteiger charge is 2.18. The number of esters is 1. The Morgan fingerprint density at radius 3 is 2.76 bits per heavy atom. The highest BCUT2D eigenvalue weighted by Crippen LogP contribution is 2.40. The maximum atomic E-state index is 12.0. The molecule has 0 unspecified atom stereocenters. The predicted octanol–water partition coefficient (Wildman–Crippen LogP) is 3.62. The molecule has 0 fully saturated rings. The molecule has 0 aromatic heterocycles. The van der Waals surface area contributed by atoms with Crippen molar-refractivity contribution in [1.82, 2.24) is 0 Å². The van der Waals surface area contributed by atoms with Gasteiger partial charge in [-0.05, 0) is 54.5 Å². The molecule has 1 amide bonds. The first-order chi connectivity index (χ1) is 14.0. The van der Waals surface area contributed by atoms with Crippen LogP contribution < -0.4 is 19.5 Å². The van der Waals surface area contributed by atoms with Crippen molar-refractivity contribution in [3.63, 3.8) is 0 Å². The van der Waals surface area contributed by atoms with E-state index in [4.69, 9.17) is 30.5 Å². The number of hydrogen-bond acceptors (Lipinski definition) is 6. The summed E-state index contributed by atoms with van der Waals surface area (Å²) < 4.78 is 21.4. The van der Waals surface area contributed by atoms with Gasteiger partial charge in [-0.15, -0.1) is 0 Å². The quantitative estimate of drug-likeness (QED) is 0.571. The standard InChI is InChI=1S/C21H20ClNO6/c1-13-9-15(22)4-5-16(13)23-19(24)12-29-20(25)6-3-14-10-17(26-2)21-18(11-14)27-7-8-28-21/h3-6,9-11H,7-8,12H2,1-2H3,(H,23,24)/b6-3+. The molecule has 0 saturated carbocycles. The number of methoxy groups -OCH3 is 1. The topological polar surface area (TPSA) is 83.1 Å². The number of carbonyl (C=O) groups is 2. The van der Waals surface area contributed by atoms with E-state index in [0.29, 0.717) is 46.7 Å². The zero-order valence-electron chi connectivity index (χ0n) is 16.0. The SMILES string of the molecule is COc1cc(/C=C/C(=O)OCC(=O)Nc2ccc(Cl)cc2C)cc2c1OCCO2. The molecular weight excluding hydrogens is 398 g/mol. The van der Waals surface area contributed by atoms with Gasteiger partial charge in [-0.3, -0.25) is 4.79 Å². The Morgan fingerprint density at radius 1 is 1.21 bits per heavy atom. The Morgan fingerprint density at radius 2 is 2.00 bits per heavy atom. The van der Waals surface area contributed by atoms with Crippen LogP contribution in [0.1, 0.15) is 11.1 Å². The third-order valence-corrected chi connectivity index (χ3v) is 4.31. The van der Waals surface area contributed by atoms with E-state index in [1.165, 1.54) is 13.2 Å². The number of aryl methyl sites for hydroxylation is 1. The summed E-state index contributed by atoms with van der Waals surface area (Å²) in [4.78, 5) is 23.9. The molecule has 0 radical (unpaired) electrons. The van der Waals surface area contributed by atoms with Gasteiger partial charge in [-0.1, -0.05) is 11.6 Å². The maximum absolute atomic E-state index is 12.0. The number of anilines is 1. The van der Waals surface area contributed by atoms with Gasteiger partial charge in [0, 0.05) is 16.8 Å². The number of hydrogen-bond donors (Lipinski definition) is 1. The summed E-state index contributed by atoms with van der Waals surface area (Å²) in [7, 11) is 1.52. The van der Waals surface area contributed by atoms with E-state index in [2.05, 4.69) is 5.32 Å². The van der Waals surface area contributed by atoms with E-state index in [-0.39, 0.29) is 0 Å². The van der Waals surface area contributed by atoms with Crippen LogP contribution in [0.4, 0.5) is 5.69 Å². The molecule has 0 atom stereocenters. The van der Waals surface area contributed by atoms with Crippen molar-refractivity contribution in [2.24, 2.45) is 0 Å². The number of amides is 1. The van der Waals surface area contributed by atoms with Crippen LogP contribution in [0.25, 0.3) is 6.08 Å². The molecule has 152 valence electrons.